The van der Waals surface area contributed by atoms with Crippen LogP contribution in [-0.4, -0.2) is 35.4 Å². The van der Waals surface area contributed by atoms with Crippen molar-refractivity contribution < 1.29 is 14.3 Å². The van der Waals surface area contributed by atoms with Gasteiger partial charge in [0.05, 0.1) is 0 Å². The maximum Gasteiger partial charge on any atom is 0.240 e. The summed E-state index contributed by atoms with van der Waals surface area (Å²) in [6.45, 7) is 12.0. The van der Waals surface area contributed by atoms with Gasteiger partial charge in [-0.05, 0) is 44.4 Å². The highest BCUT2D eigenvalue weighted by Crippen LogP contribution is 2.21. The number of benzene rings is 1. The van der Waals surface area contributed by atoms with E-state index in [4.69, 9.17) is 10.5 Å². The molecule has 0 saturated heterocycles. The number of nitrogens with two attached hydrogens (primary N) is 1. The first-order chi connectivity index (χ1) is 12.0. The van der Waals surface area contributed by atoms with Gasteiger partial charge in [-0.2, -0.15) is 0 Å². The molecule has 0 aliphatic carbocycles. The standard InChI is InChI=1S/C21H34N2O3/c1-8-14(2)15(3)20(25)23(7)18(19(22)24)13-16-9-11-17(12-10-16)26-21(4,5)6/h9-12,14-15,18H,8,13H2,1-7H3,(H2,22,24)/t14-,15-,18-/m0/s1. The van der Waals surface area contributed by atoms with E-state index in [-0.39, 0.29) is 23.3 Å². The molecule has 0 aromatic heterocycles. The van der Waals surface area contributed by atoms with Gasteiger partial charge in [0.1, 0.15) is 17.4 Å². The zero-order valence-electron chi connectivity index (χ0n) is 17.2. The van der Waals surface area contributed by atoms with Crippen LogP contribution in [0.1, 0.15) is 53.5 Å². The Kier molecular flexibility index (Phi) is 7.67. The van der Waals surface area contributed by atoms with Crippen LogP contribution in [0.4, 0.5) is 0 Å². The van der Waals surface area contributed by atoms with E-state index < -0.39 is 11.9 Å². The molecule has 0 aliphatic rings. The fourth-order valence-electron chi connectivity index (χ4n) is 2.77. The highest BCUT2D eigenvalue weighted by Gasteiger charge is 2.30. The summed E-state index contributed by atoms with van der Waals surface area (Å²) in [7, 11) is 1.66. The third-order valence-corrected chi connectivity index (χ3v) is 4.81. The summed E-state index contributed by atoms with van der Waals surface area (Å²) in [5, 5.41) is 0. The van der Waals surface area contributed by atoms with Crippen molar-refractivity contribution in [2.45, 2.75) is 66.0 Å². The molecule has 26 heavy (non-hydrogen) atoms. The molecule has 0 spiro atoms. The maximum absolute atomic E-state index is 12.7. The monoisotopic (exact) mass is 362 g/mol. The number of hydrogen-bond acceptors (Lipinski definition) is 3. The molecule has 3 atom stereocenters. The van der Waals surface area contributed by atoms with E-state index >= 15 is 0 Å². The molecule has 0 saturated carbocycles. The second-order valence-electron chi connectivity index (χ2n) is 8.10. The molecule has 0 unspecified atom stereocenters. The molecule has 1 aromatic rings. The SMILES string of the molecule is CC[C@H](C)[C@H](C)C(=O)N(C)[C@@H](Cc1ccc(OC(C)(C)C)cc1)C(N)=O. The van der Waals surface area contributed by atoms with Gasteiger partial charge in [0.2, 0.25) is 11.8 Å². The van der Waals surface area contributed by atoms with E-state index in [0.717, 1.165) is 17.7 Å². The minimum atomic E-state index is -0.664. The number of carbonyl (C=O) groups excluding carboxylic acids is 2. The predicted octanol–water partition coefficient (Wildman–Crippen LogP) is 3.40. The molecule has 146 valence electrons. The van der Waals surface area contributed by atoms with Gasteiger partial charge in [-0.3, -0.25) is 9.59 Å². The molecule has 0 aliphatic heterocycles. The molecule has 1 aromatic carbocycles. The van der Waals surface area contributed by atoms with Crippen LogP contribution >= 0.6 is 0 Å². The third kappa shape index (κ3) is 6.36. The molecule has 0 fully saturated rings. The average Bonchev–Trinajstić information content (AvgIpc) is 2.56. The lowest BCUT2D eigenvalue weighted by atomic mass is 9.91. The van der Waals surface area contributed by atoms with Crippen molar-refractivity contribution in [1.29, 1.82) is 0 Å². The molecule has 0 radical (unpaired) electrons. The van der Waals surface area contributed by atoms with Crippen LogP contribution in [0.2, 0.25) is 0 Å². The van der Waals surface area contributed by atoms with Gasteiger partial charge in [0.15, 0.2) is 0 Å². The zero-order chi connectivity index (χ0) is 20.1. The first-order valence-electron chi connectivity index (χ1n) is 9.30. The van der Waals surface area contributed by atoms with E-state index in [9.17, 15) is 9.59 Å². The number of likely N-dealkylation sites (N-methyl/N-ethyl adjacent to an activating group) is 1. The van der Waals surface area contributed by atoms with Crippen LogP contribution in [0.5, 0.6) is 5.75 Å². The average molecular weight is 363 g/mol. The summed E-state index contributed by atoms with van der Waals surface area (Å²) in [5.74, 6) is 0.344. The van der Waals surface area contributed by atoms with Crippen LogP contribution in [0.25, 0.3) is 0 Å². The highest BCUT2D eigenvalue weighted by molar-refractivity contribution is 5.87. The van der Waals surface area contributed by atoms with Gasteiger partial charge < -0.3 is 15.4 Å². The van der Waals surface area contributed by atoms with Crippen LogP contribution in [0.3, 0.4) is 0 Å². The van der Waals surface area contributed by atoms with Crippen molar-refractivity contribution in [2.24, 2.45) is 17.6 Å². The van der Waals surface area contributed by atoms with Gasteiger partial charge in [-0.1, -0.05) is 39.3 Å². The predicted molar refractivity (Wildman–Crippen MR) is 105 cm³/mol. The molecular weight excluding hydrogens is 328 g/mol. The van der Waals surface area contributed by atoms with Gasteiger partial charge in [-0.15, -0.1) is 0 Å². The van der Waals surface area contributed by atoms with Crippen molar-refractivity contribution in [3.05, 3.63) is 29.8 Å². The van der Waals surface area contributed by atoms with Crippen LogP contribution in [0.15, 0.2) is 24.3 Å². The molecule has 5 nitrogen and oxygen atoms in total. The highest BCUT2D eigenvalue weighted by atomic mass is 16.5. The Morgan fingerprint density at radius 3 is 2.12 bits per heavy atom. The Hall–Kier alpha value is -2.04. The fourth-order valence-corrected chi connectivity index (χ4v) is 2.77. The van der Waals surface area contributed by atoms with Crippen molar-refractivity contribution in [3.63, 3.8) is 0 Å². The lowest BCUT2D eigenvalue weighted by Gasteiger charge is -2.30. The summed E-state index contributed by atoms with van der Waals surface area (Å²) in [5.41, 5.74) is 6.26. The molecule has 1 rings (SSSR count). The summed E-state index contributed by atoms with van der Waals surface area (Å²) < 4.78 is 5.81. The number of carbonyl (C=O) groups is 2. The Morgan fingerprint density at radius 2 is 1.69 bits per heavy atom. The van der Waals surface area contributed by atoms with Crippen LogP contribution < -0.4 is 10.5 Å². The van der Waals surface area contributed by atoms with E-state index in [0.29, 0.717) is 6.42 Å². The van der Waals surface area contributed by atoms with Crippen LogP contribution in [-0.2, 0) is 16.0 Å². The Balaban J connectivity index is 2.88. The molecule has 5 heteroatoms. The first kappa shape index (κ1) is 22.0. The lowest BCUT2D eigenvalue weighted by molar-refractivity contribution is -0.141. The zero-order valence-corrected chi connectivity index (χ0v) is 17.2. The summed E-state index contributed by atoms with van der Waals surface area (Å²) >= 11 is 0. The Labute approximate surface area is 157 Å². The third-order valence-electron chi connectivity index (χ3n) is 4.81. The molecule has 0 bridgehead atoms. The van der Waals surface area contributed by atoms with Gasteiger partial charge in [-0.25, -0.2) is 0 Å². The second kappa shape index (κ2) is 9.06. The minimum Gasteiger partial charge on any atom is -0.488 e. The number of hydrogen-bond donors (Lipinski definition) is 1. The number of amides is 2. The molecule has 0 heterocycles. The number of ether oxygens (including phenoxy) is 1. The number of rotatable bonds is 8. The van der Waals surface area contributed by atoms with Gasteiger partial charge in [0.25, 0.3) is 0 Å². The quantitative estimate of drug-likeness (QED) is 0.770. The van der Waals surface area contributed by atoms with E-state index in [1.165, 1.54) is 4.90 Å². The first-order valence-corrected chi connectivity index (χ1v) is 9.30. The van der Waals surface area contributed by atoms with Gasteiger partial charge >= 0.3 is 0 Å². The van der Waals surface area contributed by atoms with E-state index in [2.05, 4.69) is 6.92 Å². The summed E-state index contributed by atoms with van der Waals surface area (Å²) in [6.07, 6.45) is 1.30. The van der Waals surface area contributed by atoms with E-state index in [1.54, 1.807) is 7.05 Å². The topological polar surface area (TPSA) is 72.6 Å². The normalized spacial score (nSPS) is 15.0. The van der Waals surface area contributed by atoms with Crippen molar-refractivity contribution >= 4 is 11.8 Å². The molecular formula is C21H34N2O3. The maximum atomic E-state index is 12.7. The van der Waals surface area contributed by atoms with Crippen LogP contribution in [0, 0.1) is 11.8 Å². The van der Waals surface area contributed by atoms with Crippen molar-refractivity contribution in [3.8, 4) is 5.75 Å². The summed E-state index contributed by atoms with van der Waals surface area (Å²) in [6, 6.07) is 6.91. The lowest BCUT2D eigenvalue weighted by Crippen LogP contribution is -2.49. The molecule has 2 amide bonds. The fraction of sp³-hybridized carbons (Fsp3) is 0.619. The number of primary amides is 1. The largest absolute Gasteiger partial charge is 0.488 e. The smallest absolute Gasteiger partial charge is 0.240 e. The Bertz CT molecular complexity index is 605. The van der Waals surface area contributed by atoms with Crippen molar-refractivity contribution in [2.75, 3.05) is 7.05 Å². The second-order valence-corrected chi connectivity index (χ2v) is 8.10. The van der Waals surface area contributed by atoms with E-state index in [1.807, 2.05) is 58.9 Å². The number of nitrogens with zero attached hydrogens (tertiary/aromatic N) is 1. The van der Waals surface area contributed by atoms with Crippen molar-refractivity contribution in [1.82, 2.24) is 4.90 Å². The summed E-state index contributed by atoms with van der Waals surface area (Å²) in [4.78, 5) is 26.2. The molecule has 2 N–H and O–H groups in total. The van der Waals surface area contributed by atoms with Gasteiger partial charge in [0, 0.05) is 19.4 Å². The Morgan fingerprint density at radius 1 is 1.15 bits per heavy atom. The minimum absolute atomic E-state index is 0.0455.